The first kappa shape index (κ1) is 23.9. The van der Waals surface area contributed by atoms with Crippen LogP contribution >= 0.6 is 22.7 Å². The Balaban J connectivity index is 1.21. The van der Waals surface area contributed by atoms with Crippen LogP contribution in [0.1, 0.15) is 0 Å². The molecule has 0 fully saturated rings. The molecule has 0 bridgehead atoms. The zero-order valence-corrected chi connectivity index (χ0v) is 24.3. The fourth-order valence-corrected chi connectivity index (χ4v) is 9.20. The summed E-state index contributed by atoms with van der Waals surface area (Å²) in [5.74, 6) is 0. The smallest absolute Gasteiger partial charge is 0.0542 e. The van der Waals surface area contributed by atoms with Gasteiger partial charge in [-0.1, -0.05) is 127 Å². The summed E-state index contributed by atoms with van der Waals surface area (Å²) in [6.45, 7) is 0. The lowest BCUT2D eigenvalue weighted by atomic mass is 9.86. The van der Waals surface area contributed by atoms with E-state index >= 15 is 0 Å². The van der Waals surface area contributed by atoms with Gasteiger partial charge in [-0.25, -0.2) is 0 Å². The van der Waals surface area contributed by atoms with Crippen LogP contribution in [0.25, 0.3) is 84.5 Å². The van der Waals surface area contributed by atoms with Gasteiger partial charge in [0.15, 0.2) is 0 Å². The Kier molecular flexibility index (Phi) is 5.34. The van der Waals surface area contributed by atoms with E-state index in [-0.39, 0.29) is 0 Å². The quantitative estimate of drug-likeness (QED) is 0.186. The Bertz CT molecular complexity index is 2380. The van der Waals surface area contributed by atoms with Crippen molar-refractivity contribution in [2.75, 3.05) is 0 Å². The molecule has 0 N–H and O–H groups in total. The van der Waals surface area contributed by atoms with Crippen molar-refractivity contribution in [2.24, 2.45) is 0 Å². The van der Waals surface area contributed by atoms with Gasteiger partial charge in [0.1, 0.15) is 0 Å². The molecule has 0 saturated carbocycles. The SMILES string of the molecule is c1ccc(-c2c3ccccc3c(-c3ccc(-c4ccc5sc6c7ccccc7sc6c5c4)cc3)c3ccccc23)cc1. The molecular weight excluding hydrogens is 545 g/mol. The van der Waals surface area contributed by atoms with Gasteiger partial charge in [0.2, 0.25) is 0 Å². The van der Waals surface area contributed by atoms with Gasteiger partial charge in [-0.3, -0.25) is 0 Å². The zero-order valence-electron chi connectivity index (χ0n) is 22.7. The third kappa shape index (κ3) is 3.59. The van der Waals surface area contributed by atoms with E-state index in [9.17, 15) is 0 Å². The van der Waals surface area contributed by atoms with Crippen molar-refractivity contribution in [1.82, 2.24) is 0 Å². The van der Waals surface area contributed by atoms with Gasteiger partial charge in [-0.2, -0.15) is 0 Å². The molecule has 0 saturated heterocycles. The van der Waals surface area contributed by atoms with Crippen molar-refractivity contribution in [3.63, 3.8) is 0 Å². The van der Waals surface area contributed by atoms with E-state index in [1.165, 1.54) is 84.5 Å². The first-order valence-electron chi connectivity index (χ1n) is 14.3. The van der Waals surface area contributed by atoms with Crippen molar-refractivity contribution in [1.29, 1.82) is 0 Å². The number of hydrogen-bond donors (Lipinski definition) is 0. The molecule has 0 aliphatic heterocycles. The van der Waals surface area contributed by atoms with Gasteiger partial charge >= 0.3 is 0 Å². The molecule has 0 radical (unpaired) electrons. The molecule has 0 spiro atoms. The van der Waals surface area contributed by atoms with Gasteiger partial charge in [-0.05, 0) is 73.1 Å². The van der Waals surface area contributed by atoms with Crippen molar-refractivity contribution in [3.8, 4) is 33.4 Å². The molecule has 2 heterocycles. The van der Waals surface area contributed by atoms with Crippen molar-refractivity contribution >= 4 is 73.8 Å². The molecule has 196 valence electrons. The molecule has 0 unspecified atom stereocenters. The second kappa shape index (κ2) is 9.39. The molecule has 0 nitrogen and oxygen atoms in total. The van der Waals surface area contributed by atoms with Gasteiger partial charge in [0.25, 0.3) is 0 Å². The van der Waals surface area contributed by atoms with E-state index in [2.05, 4.69) is 146 Å². The number of thiophene rings is 2. The molecule has 0 atom stereocenters. The molecule has 9 aromatic rings. The molecule has 2 aromatic heterocycles. The summed E-state index contributed by atoms with van der Waals surface area (Å²) < 4.78 is 5.55. The highest BCUT2D eigenvalue weighted by molar-refractivity contribution is 7.36. The molecule has 42 heavy (non-hydrogen) atoms. The molecular formula is C40H24S2. The zero-order chi connectivity index (χ0) is 27.6. The molecule has 9 rings (SSSR count). The van der Waals surface area contributed by atoms with Gasteiger partial charge < -0.3 is 0 Å². The lowest BCUT2D eigenvalue weighted by Gasteiger charge is -2.18. The topological polar surface area (TPSA) is 0 Å². The summed E-state index contributed by atoms with van der Waals surface area (Å²) in [6, 6.07) is 53.5. The Morgan fingerprint density at radius 2 is 0.714 bits per heavy atom. The Hall–Kier alpha value is -4.76. The summed E-state index contributed by atoms with van der Waals surface area (Å²) in [4.78, 5) is 0. The fraction of sp³-hybridized carbons (Fsp3) is 0. The van der Waals surface area contributed by atoms with Crippen molar-refractivity contribution in [3.05, 3.63) is 146 Å². The largest absolute Gasteiger partial charge is 0.134 e. The normalized spacial score (nSPS) is 11.8. The molecule has 0 amide bonds. The number of hydrogen-bond acceptors (Lipinski definition) is 2. The average molecular weight is 569 g/mol. The maximum atomic E-state index is 2.39. The highest BCUT2D eigenvalue weighted by Gasteiger charge is 2.17. The Morgan fingerprint density at radius 3 is 1.33 bits per heavy atom. The van der Waals surface area contributed by atoms with E-state index in [1.54, 1.807) is 0 Å². The number of rotatable bonds is 3. The minimum absolute atomic E-state index is 1.24. The summed E-state index contributed by atoms with van der Waals surface area (Å²) in [5.41, 5.74) is 7.61. The van der Waals surface area contributed by atoms with E-state index in [1.807, 2.05) is 22.7 Å². The lowest BCUT2D eigenvalue weighted by molar-refractivity contribution is 1.63. The van der Waals surface area contributed by atoms with Crippen LogP contribution in [0.3, 0.4) is 0 Å². The maximum Gasteiger partial charge on any atom is 0.0542 e. The van der Waals surface area contributed by atoms with E-state index in [0.717, 1.165) is 0 Å². The molecule has 2 heteroatoms. The summed E-state index contributed by atoms with van der Waals surface area (Å²) in [7, 11) is 0. The Morgan fingerprint density at radius 1 is 0.286 bits per heavy atom. The van der Waals surface area contributed by atoms with Crippen LogP contribution in [-0.4, -0.2) is 0 Å². The Labute approximate surface area is 251 Å². The van der Waals surface area contributed by atoms with Crippen LogP contribution in [-0.2, 0) is 0 Å². The molecule has 7 aromatic carbocycles. The summed E-state index contributed by atoms with van der Waals surface area (Å²) in [6.07, 6.45) is 0. The summed E-state index contributed by atoms with van der Waals surface area (Å²) in [5, 5.41) is 7.89. The van der Waals surface area contributed by atoms with Gasteiger partial charge in [-0.15, -0.1) is 22.7 Å². The van der Waals surface area contributed by atoms with E-state index in [4.69, 9.17) is 0 Å². The number of fused-ring (bicyclic) bond motifs is 7. The van der Waals surface area contributed by atoms with Crippen LogP contribution in [0.5, 0.6) is 0 Å². The second-order valence-electron chi connectivity index (χ2n) is 10.9. The van der Waals surface area contributed by atoms with E-state index in [0.29, 0.717) is 0 Å². The highest BCUT2D eigenvalue weighted by Crippen LogP contribution is 2.46. The van der Waals surface area contributed by atoms with Crippen LogP contribution in [0.4, 0.5) is 0 Å². The first-order chi connectivity index (χ1) is 20.8. The predicted molar refractivity (Wildman–Crippen MR) is 186 cm³/mol. The van der Waals surface area contributed by atoms with Crippen LogP contribution in [0.2, 0.25) is 0 Å². The fourth-order valence-electron chi connectivity index (χ4n) is 6.57. The van der Waals surface area contributed by atoms with Gasteiger partial charge in [0.05, 0.1) is 9.40 Å². The lowest BCUT2D eigenvalue weighted by Crippen LogP contribution is -1.90. The third-order valence-electron chi connectivity index (χ3n) is 8.49. The second-order valence-corrected chi connectivity index (χ2v) is 13.0. The average Bonchev–Trinajstić information content (AvgIpc) is 3.60. The molecule has 0 aliphatic rings. The highest BCUT2D eigenvalue weighted by atomic mass is 32.1. The summed E-state index contributed by atoms with van der Waals surface area (Å²) >= 11 is 3.83. The van der Waals surface area contributed by atoms with Crippen LogP contribution in [0, 0.1) is 0 Å². The number of benzene rings is 7. The van der Waals surface area contributed by atoms with Crippen molar-refractivity contribution in [2.45, 2.75) is 0 Å². The van der Waals surface area contributed by atoms with Crippen molar-refractivity contribution < 1.29 is 0 Å². The minimum Gasteiger partial charge on any atom is -0.134 e. The minimum atomic E-state index is 1.24. The van der Waals surface area contributed by atoms with Crippen LogP contribution in [0.15, 0.2) is 146 Å². The molecule has 0 aliphatic carbocycles. The monoisotopic (exact) mass is 568 g/mol. The first-order valence-corrected chi connectivity index (χ1v) is 15.9. The van der Waals surface area contributed by atoms with Gasteiger partial charge in [0, 0.05) is 20.2 Å². The van der Waals surface area contributed by atoms with E-state index < -0.39 is 0 Å². The maximum absolute atomic E-state index is 2.39. The standard InChI is InChI=1S/C40H24S2/c1-2-10-26(11-3-1)37-29-12-4-6-14-31(29)38(32-15-7-5-13-30(32)37)27-20-18-25(19-21-27)28-22-23-36-34(24-28)40-39(42-36)33-16-8-9-17-35(33)41-40/h1-24H. The third-order valence-corrected chi connectivity index (χ3v) is 11.0. The van der Waals surface area contributed by atoms with Crippen LogP contribution < -0.4 is 0 Å². The predicted octanol–water partition coefficient (Wildman–Crippen LogP) is 12.6.